The van der Waals surface area contributed by atoms with Crippen molar-refractivity contribution in [3.05, 3.63) is 45.8 Å². The molecule has 0 aromatic carbocycles. The van der Waals surface area contributed by atoms with E-state index in [9.17, 15) is 4.79 Å². The van der Waals surface area contributed by atoms with Gasteiger partial charge in [0.1, 0.15) is 5.82 Å². The maximum Gasteiger partial charge on any atom is 0.317 e. The van der Waals surface area contributed by atoms with Gasteiger partial charge in [-0.3, -0.25) is 0 Å². The average Bonchev–Trinajstić information content (AvgIpc) is 3.05. The minimum Gasteiger partial charge on any atom is -0.378 e. The number of morpholine rings is 1. The van der Waals surface area contributed by atoms with Gasteiger partial charge in [-0.05, 0) is 30.0 Å². The van der Waals surface area contributed by atoms with Crippen LogP contribution in [0.25, 0.3) is 0 Å². The Balaban J connectivity index is 1.59. The van der Waals surface area contributed by atoms with E-state index in [1.165, 1.54) is 10.4 Å². The van der Waals surface area contributed by atoms with Crippen LogP contribution in [-0.2, 0) is 17.8 Å². The van der Waals surface area contributed by atoms with E-state index < -0.39 is 0 Å². The molecule has 1 fully saturated rings. The Morgan fingerprint density at radius 2 is 2.20 bits per heavy atom. The standard InChI is InChI=1S/C18H24N4O2S/c1-14-5-11-25-16(14)13-21(2)18(23)20-12-15-4-3-6-19-17(15)22-7-9-24-10-8-22/h3-6,11H,7-10,12-13H2,1-2H3,(H,20,23). The number of nitrogens with one attached hydrogen (secondary N) is 1. The van der Waals surface area contributed by atoms with Crippen LogP contribution in [0.15, 0.2) is 29.8 Å². The van der Waals surface area contributed by atoms with Crippen molar-refractivity contribution in [3.8, 4) is 0 Å². The van der Waals surface area contributed by atoms with Gasteiger partial charge in [0.25, 0.3) is 0 Å². The van der Waals surface area contributed by atoms with Crippen LogP contribution in [0, 0.1) is 6.92 Å². The van der Waals surface area contributed by atoms with Crippen molar-refractivity contribution in [3.63, 3.8) is 0 Å². The lowest BCUT2D eigenvalue weighted by atomic mass is 10.2. The molecule has 0 saturated carbocycles. The van der Waals surface area contributed by atoms with Crippen molar-refractivity contribution in [2.75, 3.05) is 38.3 Å². The number of aromatic nitrogens is 1. The van der Waals surface area contributed by atoms with Crippen LogP contribution < -0.4 is 10.2 Å². The van der Waals surface area contributed by atoms with E-state index in [0.717, 1.165) is 24.5 Å². The minimum absolute atomic E-state index is 0.0791. The second-order valence-corrected chi connectivity index (χ2v) is 7.13. The van der Waals surface area contributed by atoms with Crippen LogP contribution >= 0.6 is 11.3 Å². The summed E-state index contributed by atoms with van der Waals surface area (Å²) in [7, 11) is 1.82. The molecule has 2 aromatic rings. The number of anilines is 1. The van der Waals surface area contributed by atoms with Gasteiger partial charge >= 0.3 is 6.03 Å². The number of amides is 2. The molecule has 2 amide bonds. The van der Waals surface area contributed by atoms with Gasteiger partial charge in [-0.1, -0.05) is 6.07 Å². The summed E-state index contributed by atoms with van der Waals surface area (Å²) in [4.78, 5) is 22.1. The number of rotatable bonds is 5. The van der Waals surface area contributed by atoms with Crippen LogP contribution in [0.3, 0.4) is 0 Å². The van der Waals surface area contributed by atoms with Crippen molar-refractivity contribution in [1.29, 1.82) is 0 Å². The van der Waals surface area contributed by atoms with Gasteiger partial charge in [0.05, 0.1) is 19.8 Å². The molecule has 1 saturated heterocycles. The van der Waals surface area contributed by atoms with E-state index in [1.54, 1.807) is 22.4 Å². The first-order valence-electron chi connectivity index (χ1n) is 8.43. The Morgan fingerprint density at radius 3 is 2.92 bits per heavy atom. The van der Waals surface area contributed by atoms with Gasteiger partial charge in [0, 0.05) is 43.3 Å². The summed E-state index contributed by atoms with van der Waals surface area (Å²) >= 11 is 1.68. The summed E-state index contributed by atoms with van der Waals surface area (Å²) in [5, 5.41) is 5.06. The van der Waals surface area contributed by atoms with Gasteiger partial charge < -0.3 is 19.9 Å². The maximum absolute atomic E-state index is 12.4. The molecule has 0 radical (unpaired) electrons. The van der Waals surface area contributed by atoms with Crippen molar-refractivity contribution in [2.24, 2.45) is 0 Å². The number of nitrogens with zero attached hydrogens (tertiary/aromatic N) is 3. The SMILES string of the molecule is Cc1ccsc1CN(C)C(=O)NCc1cccnc1N1CCOCC1. The van der Waals surface area contributed by atoms with Crippen LogP contribution in [-0.4, -0.2) is 49.3 Å². The number of carbonyl (C=O) groups is 1. The van der Waals surface area contributed by atoms with Crippen molar-refractivity contribution in [1.82, 2.24) is 15.2 Å². The first-order chi connectivity index (χ1) is 12.1. The van der Waals surface area contributed by atoms with E-state index >= 15 is 0 Å². The highest BCUT2D eigenvalue weighted by Crippen LogP contribution is 2.19. The third-order valence-corrected chi connectivity index (χ3v) is 5.31. The lowest BCUT2D eigenvalue weighted by Crippen LogP contribution is -2.39. The zero-order valence-corrected chi connectivity index (χ0v) is 15.5. The van der Waals surface area contributed by atoms with Crippen LogP contribution in [0.4, 0.5) is 10.6 Å². The first kappa shape index (κ1) is 17.7. The van der Waals surface area contributed by atoms with E-state index in [2.05, 4.69) is 33.6 Å². The van der Waals surface area contributed by atoms with Gasteiger partial charge in [0.2, 0.25) is 0 Å². The molecule has 1 aliphatic heterocycles. The summed E-state index contributed by atoms with van der Waals surface area (Å²) in [6.07, 6.45) is 1.79. The van der Waals surface area contributed by atoms with Crippen molar-refractivity contribution >= 4 is 23.2 Å². The fraction of sp³-hybridized carbons (Fsp3) is 0.444. The third kappa shape index (κ3) is 4.49. The Labute approximate surface area is 152 Å². The molecule has 3 rings (SSSR count). The highest BCUT2D eigenvalue weighted by molar-refractivity contribution is 7.10. The number of aryl methyl sites for hydroxylation is 1. The van der Waals surface area contributed by atoms with Crippen LogP contribution in [0.1, 0.15) is 16.0 Å². The monoisotopic (exact) mass is 360 g/mol. The maximum atomic E-state index is 12.4. The second-order valence-electron chi connectivity index (χ2n) is 6.13. The number of thiophene rings is 1. The molecule has 6 nitrogen and oxygen atoms in total. The van der Waals surface area contributed by atoms with Gasteiger partial charge in [0.15, 0.2) is 0 Å². The summed E-state index contributed by atoms with van der Waals surface area (Å²) in [5.74, 6) is 0.933. The molecule has 134 valence electrons. The summed E-state index contributed by atoms with van der Waals surface area (Å²) in [6.45, 7) is 6.25. The molecule has 0 spiro atoms. The van der Waals surface area contributed by atoms with Crippen LogP contribution in [0.2, 0.25) is 0 Å². The molecular formula is C18H24N4O2S. The van der Waals surface area contributed by atoms with E-state index in [0.29, 0.717) is 26.3 Å². The fourth-order valence-electron chi connectivity index (χ4n) is 2.79. The zero-order valence-electron chi connectivity index (χ0n) is 14.7. The molecular weight excluding hydrogens is 336 g/mol. The van der Waals surface area contributed by atoms with Crippen molar-refractivity contribution < 1.29 is 9.53 Å². The van der Waals surface area contributed by atoms with Gasteiger partial charge in [-0.2, -0.15) is 0 Å². The highest BCUT2D eigenvalue weighted by Gasteiger charge is 2.17. The molecule has 0 unspecified atom stereocenters. The first-order valence-corrected chi connectivity index (χ1v) is 9.31. The van der Waals surface area contributed by atoms with E-state index in [1.807, 2.05) is 19.2 Å². The smallest absolute Gasteiger partial charge is 0.317 e. The quantitative estimate of drug-likeness (QED) is 0.891. The van der Waals surface area contributed by atoms with Crippen LogP contribution in [0.5, 0.6) is 0 Å². The number of urea groups is 1. The number of hydrogen-bond acceptors (Lipinski definition) is 5. The van der Waals surface area contributed by atoms with Gasteiger partial charge in [-0.15, -0.1) is 11.3 Å². The minimum atomic E-state index is -0.0791. The molecule has 3 heterocycles. The van der Waals surface area contributed by atoms with E-state index in [-0.39, 0.29) is 6.03 Å². The highest BCUT2D eigenvalue weighted by atomic mass is 32.1. The molecule has 0 aliphatic carbocycles. The van der Waals surface area contributed by atoms with Crippen molar-refractivity contribution in [2.45, 2.75) is 20.0 Å². The summed E-state index contributed by atoms with van der Waals surface area (Å²) < 4.78 is 5.41. The molecule has 7 heteroatoms. The predicted octanol–water partition coefficient (Wildman–Crippen LogP) is 2.63. The van der Waals surface area contributed by atoms with Gasteiger partial charge in [-0.25, -0.2) is 9.78 Å². The average molecular weight is 360 g/mol. The lowest BCUT2D eigenvalue weighted by Gasteiger charge is -2.29. The number of hydrogen-bond donors (Lipinski definition) is 1. The number of carbonyl (C=O) groups excluding carboxylic acids is 1. The Hall–Kier alpha value is -2.12. The predicted molar refractivity (Wildman–Crippen MR) is 100 cm³/mol. The molecule has 2 aromatic heterocycles. The largest absolute Gasteiger partial charge is 0.378 e. The molecule has 1 aliphatic rings. The Bertz CT molecular complexity index is 713. The topological polar surface area (TPSA) is 57.7 Å². The normalized spacial score (nSPS) is 14.4. The Kier molecular flexibility index (Phi) is 5.88. The second kappa shape index (κ2) is 8.31. The number of ether oxygens (including phenoxy) is 1. The zero-order chi connectivity index (χ0) is 17.6. The molecule has 25 heavy (non-hydrogen) atoms. The lowest BCUT2D eigenvalue weighted by molar-refractivity contribution is 0.122. The summed E-state index contributed by atoms with van der Waals surface area (Å²) in [6, 6.07) is 5.92. The van der Waals surface area contributed by atoms with E-state index in [4.69, 9.17) is 4.74 Å². The molecule has 1 N–H and O–H groups in total. The summed E-state index contributed by atoms with van der Waals surface area (Å²) in [5.41, 5.74) is 2.25. The molecule has 0 bridgehead atoms. The molecule has 0 atom stereocenters. The number of pyridine rings is 1. The Morgan fingerprint density at radius 1 is 1.40 bits per heavy atom. The third-order valence-electron chi connectivity index (χ3n) is 4.30. The fourth-order valence-corrected chi connectivity index (χ4v) is 3.75.